The number of hydrogen-bond donors (Lipinski definition) is 0. The lowest BCUT2D eigenvalue weighted by Crippen LogP contribution is -1.90. The summed E-state index contributed by atoms with van der Waals surface area (Å²) in [4.78, 5) is 10.9. The van der Waals surface area contributed by atoms with Crippen LogP contribution in [0.4, 0.5) is 0 Å². The zero-order chi connectivity index (χ0) is 9.84. The number of halogens is 1. The van der Waals surface area contributed by atoms with E-state index in [1.165, 1.54) is 0 Å². The van der Waals surface area contributed by atoms with E-state index in [2.05, 4.69) is 0 Å². The summed E-state index contributed by atoms with van der Waals surface area (Å²) < 4.78 is 0. The maximum atomic E-state index is 10.9. The number of carbonyl (C=O) groups excluding carboxylic acids is 1. The van der Waals surface area contributed by atoms with E-state index in [-0.39, 0.29) is 5.78 Å². The Morgan fingerprint density at radius 3 is 2.46 bits per heavy atom. The highest BCUT2D eigenvalue weighted by atomic mass is 35.5. The van der Waals surface area contributed by atoms with Crippen molar-refractivity contribution in [3.05, 3.63) is 40.4 Å². The summed E-state index contributed by atoms with van der Waals surface area (Å²) in [7, 11) is 0. The van der Waals surface area contributed by atoms with Crippen molar-refractivity contribution in [3.8, 4) is 0 Å². The summed E-state index contributed by atoms with van der Waals surface area (Å²) in [6.45, 7) is 3.33. The molecule has 0 amide bonds. The standard InChI is InChI=1S/C11H11ClO/c1-8(9(2)13)7-10-5-3-4-6-11(10)12/h3-7H,1-2H3. The zero-order valence-electron chi connectivity index (χ0n) is 7.67. The Morgan fingerprint density at radius 2 is 1.92 bits per heavy atom. The Morgan fingerprint density at radius 1 is 1.31 bits per heavy atom. The first-order valence-corrected chi connectivity index (χ1v) is 4.43. The Balaban J connectivity index is 3.04. The van der Waals surface area contributed by atoms with Crippen molar-refractivity contribution in [2.45, 2.75) is 13.8 Å². The predicted molar refractivity (Wildman–Crippen MR) is 55.8 cm³/mol. The highest BCUT2D eigenvalue weighted by Gasteiger charge is 1.99. The van der Waals surface area contributed by atoms with Gasteiger partial charge in [0.2, 0.25) is 0 Å². The van der Waals surface area contributed by atoms with E-state index in [9.17, 15) is 4.79 Å². The normalized spacial score (nSPS) is 11.5. The topological polar surface area (TPSA) is 17.1 Å². The van der Waals surface area contributed by atoms with Gasteiger partial charge >= 0.3 is 0 Å². The van der Waals surface area contributed by atoms with Crippen LogP contribution in [0.15, 0.2) is 29.8 Å². The molecule has 0 saturated heterocycles. The van der Waals surface area contributed by atoms with Crippen LogP contribution in [0.3, 0.4) is 0 Å². The molecule has 1 aromatic carbocycles. The molecule has 0 atom stereocenters. The molecule has 0 fully saturated rings. The summed E-state index contributed by atoms with van der Waals surface area (Å²) in [6.07, 6.45) is 1.80. The average Bonchev–Trinajstić information content (AvgIpc) is 2.08. The monoisotopic (exact) mass is 194 g/mol. The van der Waals surface area contributed by atoms with Gasteiger partial charge in [0.1, 0.15) is 0 Å². The molecule has 2 heteroatoms. The summed E-state index contributed by atoms with van der Waals surface area (Å²) in [5.74, 6) is 0.0694. The molecule has 0 aliphatic rings. The molecule has 1 aromatic rings. The Bertz CT molecular complexity index is 353. The summed E-state index contributed by atoms with van der Waals surface area (Å²) in [6, 6.07) is 7.45. The van der Waals surface area contributed by atoms with Crippen LogP contribution in [0.5, 0.6) is 0 Å². The number of allylic oxidation sites excluding steroid dienone is 1. The molecule has 0 N–H and O–H groups in total. The highest BCUT2D eigenvalue weighted by Crippen LogP contribution is 2.18. The number of hydrogen-bond acceptors (Lipinski definition) is 1. The lowest BCUT2D eigenvalue weighted by atomic mass is 10.1. The molecule has 13 heavy (non-hydrogen) atoms. The fraction of sp³-hybridized carbons (Fsp3) is 0.182. The smallest absolute Gasteiger partial charge is 0.155 e. The number of benzene rings is 1. The molecule has 0 aromatic heterocycles. The zero-order valence-corrected chi connectivity index (χ0v) is 8.43. The molecule has 0 heterocycles. The number of Topliss-reactive ketones (excluding diaryl/α,β-unsaturated/α-hetero) is 1. The first-order chi connectivity index (χ1) is 6.11. The largest absolute Gasteiger partial charge is 0.295 e. The van der Waals surface area contributed by atoms with Gasteiger partial charge in [0.25, 0.3) is 0 Å². The van der Waals surface area contributed by atoms with Gasteiger partial charge in [-0.25, -0.2) is 0 Å². The number of carbonyl (C=O) groups is 1. The summed E-state index contributed by atoms with van der Waals surface area (Å²) in [5, 5.41) is 0.670. The van der Waals surface area contributed by atoms with Crippen molar-refractivity contribution in [3.63, 3.8) is 0 Å². The molecule has 0 unspecified atom stereocenters. The third-order valence-electron chi connectivity index (χ3n) is 1.83. The molecule has 0 bridgehead atoms. The van der Waals surface area contributed by atoms with Gasteiger partial charge in [0.15, 0.2) is 5.78 Å². The second-order valence-corrected chi connectivity index (χ2v) is 3.31. The molecular formula is C11H11ClO. The SMILES string of the molecule is CC(=O)C(C)=Cc1ccccc1Cl. The van der Waals surface area contributed by atoms with Gasteiger partial charge in [0.05, 0.1) is 0 Å². The molecule has 68 valence electrons. The molecule has 0 spiro atoms. The molecule has 1 rings (SSSR count). The Labute approximate surface area is 83.0 Å². The van der Waals surface area contributed by atoms with Gasteiger partial charge < -0.3 is 0 Å². The van der Waals surface area contributed by atoms with Crippen LogP contribution >= 0.6 is 11.6 Å². The maximum absolute atomic E-state index is 10.9. The van der Waals surface area contributed by atoms with Gasteiger partial charge in [0, 0.05) is 5.02 Å². The van der Waals surface area contributed by atoms with Gasteiger partial charge in [-0.15, -0.1) is 0 Å². The molecule has 0 aliphatic heterocycles. The number of ketones is 1. The minimum absolute atomic E-state index is 0.0694. The minimum Gasteiger partial charge on any atom is -0.295 e. The van der Waals surface area contributed by atoms with E-state index in [0.29, 0.717) is 10.6 Å². The summed E-state index contributed by atoms with van der Waals surface area (Å²) in [5.41, 5.74) is 1.60. The van der Waals surface area contributed by atoms with Crippen LogP contribution in [0, 0.1) is 0 Å². The maximum Gasteiger partial charge on any atom is 0.155 e. The molecule has 0 saturated carbocycles. The quantitative estimate of drug-likeness (QED) is 0.660. The first-order valence-electron chi connectivity index (χ1n) is 4.05. The molecule has 0 aliphatic carbocycles. The molecule has 0 radical (unpaired) electrons. The van der Waals surface area contributed by atoms with Crippen LogP contribution in [-0.2, 0) is 4.79 Å². The predicted octanol–water partition coefficient (Wildman–Crippen LogP) is 3.33. The van der Waals surface area contributed by atoms with Crippen LogP contribution in [-0.4, -0.2) is 5.78 Å². The van der Waals surface area contributed by atoms with Gasteiger partial charge in [-0.05, 0) is 37.1 Å². The first kappa shape index (κ1) is 10.0. The van der Waals surface area contributed by atoms with Crippen LogP contribution in [0.25, 0.3) is 6.08 Å². The fourth-order valence-electron chi connectivity index (χ4n) is 0.927. The Kier molecular flexibility index (Phi) is 3.26. The molecular weight excluding hydrogens is 184 g/mol. The minimum atomic E-state index is 0.0694. The van der Waals surface area contributed by atoms with Crippen molar-refractivity contribution < 1.29 is 4.79 Å². The lowest BCUT2D eigenvalue weighted by Gasteiger charge is -1.98. The third-order valence-corrected chi connectivity index (χ3v) is 2.18. The van der Waals surface area contributed by atoms with E-state index >= 15 is 0 Å². The van der Waals surface area contributed by atoms with E-state index in [1.807, 2.05) is 18.2 Å². The van der Waals surface area contributed by atoms with Crippen molar-refractivity contribution >= 4 is 23.5 Å². The summed E-state index contributed by atoms with van der Waals surface area (Å²) >= 11 is 5.92. The molecule has 1 nitrogen and oxygen atoms in total. The van der Waals surface area contributed by atoms with Crippen LogP contribution < -0.4 is 0 Å². The second-order valence-electron chi connectivity index (χ2n) is 2.91. The van der Waals surface area contributed by atoms with Crippen molar-refractivity contribution in [2.24, 2.45) is 0 Å². The average molecular weight is 195 g/mol. The van der Waals surface area contributed by atoms with E-state index in [1.54, 1.807) is 26.0 Å². The third kappa shape index (κ3) is 2.71. The highest BCUT2D eigenvalue weighted by molar-refractivity contribution is 6.32. The van der Waals surface area contributed by atoms with Gasteiger partial charge in [-0.3, -0.25) is 4.79 Å². The second kappa shape index (κ2) is 4.24. The van der Waals surface area contributed by atoms with Gasteiger partial charge in [-0.1, -0.05) is 29.8 Å². The van der Waals surface area contributed by atoms with E-state index < -0.39 is 0 Å². The van der Waals surface area contributed by atoms with E-state index in [4.69, 9.17) is 11.6 Å². The van der Waals surface area contributed by atoms with E-state index in [0.717, 1.165) is 5.56 Å². The van der Waals surface area contributed by atoms with Crippen molar-refractivity contribution in [2.75, 3.05) is 0 Å². The van der Waals surface area contributed by atoms with Crippen molar-refractivity contribution in [1.29, 1.82) is 0 Å². The Hall–Kier alpha value is -1.08. The van der Waals surface area contributed by atoms with Crippen molar-refractivity contribution in [1.82, 2.24) is 0 Å². The lowest BCUT2D eigenvalue weighted by molar-refractivity contribution is -0.113. The van der Waals surface area contributed by atoms with Crippen LogP contribution in [0.2, 0.25) is 5.02 Å². The number of rotatable bonds is 2. The fourth-order valence-corrected chi connectivity index (χ4v) is 1.12. The van der Waals surface area contributed by atoms with Crippen LogP contribution in [0.1, 0.15) is 19.4 Å². The van der Waals surface area contributed by atoms with Gasteiger partial charge in [-0.2, -0.15) is 0 Å².